The summed E-state index contributed by atoms with van der Waals surface area (Å²) in [6, 6.07) is 9.05. The van der Waals surface area contributed by atoms with Gasteiger partial charge < -0.3 is 9.84 Å². The number of carbonyl (C=O) groups is 1. The fourth-order valence-electron chi connectivity index (χ4n) is 1.50. The normalized spacial score (nSPS) is 11.2. The topological polar surface area (TPSA) is 46.5 Å². The van der Waals surface area contributed by atoms with Crippen molar-refractivity contribution in [2.75, 3.05) is 0 Å². The van der Waals surface area contributed by atoms with E-state index in [2.05, 4.69) is 0 Å². The Balaban J connectivity index is 2.18. The predicted octanol–water partition coefficient (Wildman–Crippen LogP) is 2.92. The lowest BCUT2D eigenvalue weighted by molar-refractivity contribution is -0.134. The lowest BCUT2D eigenvalue weighted by Crippen LogP contribution is -2.18. The fourth-order valence-corrected chi connectivity index (χ4v) is 1.50. The van der Waals surface area contributed by atoms with Gasteiger partial charge >= 0.3 is 5.97 Å². The lowest BCUT2D eigenvalue weighted by Gasteiger charge is -2.16. The van der Waals surface area contributed by atoms with Gasteiger partial charge in [-0.3, -0.25) is 4.79 Å². The first-order chi connectivity index (χ1) is 7.97. The van der Waals surface area contributed by atoms with Crippen LogP contribution >= 0.6 is 0 Å². The summed E-state index contributed by atoms with van der Waals surface area (Å²) < 4.78 is 5.15. The number of aliphatic hydroxyl groups is 1. The molecule has 0 aliphatic rings. The van der Waals surface area contributed by atoms with E-state index >= 15 is 0 Å². The summed E-state index contributed by atoms with van der Waals surface area (Å²) in [7, 11) is 0. The molecule has 0 spiro atoms. The van der Waals surface area contributed by atoms with E-state index in [0.29, 0.717) is 18.6 Å². The van der Waals surface area contributed by atoms with Crippen molar-refractivity contribution in [3.63, 3.8) is 0 Å². The molecule has 1 aromatic carbocycles. The molecular weight excluding hydrogens is 216 g/mol. The number of benzene rings is 1. The molecule has 3 nitrogen and oxygen atoms in total. The minimum Gasteiger partial charge on any atom is -0.427 e. The van der Waals surface area contributed by atoms with Gasteiger partial charge in [0.15, 0.2) is 0 Å². The van der Waals surface area contributed by atoms with Crippen LogP contribution in [0.5, 0.6) is 5.75 Å². The van der Waals surface area contributed by atoms with E-state index in [1.807, 2.05) is 18.2 Å². The zero-order valence-electron chi connectivity index (χ0n) is 10.5. The Morgan fingerprint density at radius 1 is 1.24 bits per heavy atom. The monoisotopic (exact) mass is 236 g/mol. The number of carbonyl (C=O) groups excluding carboxylic acids is 1. The molecule has 0 aromatic heterocycles. The average Bonchev–Trinajstić information content (AvgIpc) is 2.25. The third-order valence-electron chi connectivity index (χ3n) is 2.39. The SMILES string of the molecule is CC(C)(O)CCCCC(=O)Oc1ccccc1. The zero-order chi connectivity index (χ0) is 12.7. The molecule has 0 fully saturated rings. The molecule has 0 unspecified atom stereocenters. The molecule has 0 saturated heterocycles. The van der Waals surface area contributed by atoms with Crippen LogP contribution in [0, 0.1) is 0 Å². The van der Waals surface area contributed by atoms with Crippen molar-refractivity contribution in [1.29, 1.82) is 0 Å². The highest BCUT2D eigenvalue weighted by atomic mass is 16.5. The molecular formula is C14H20O3. The summed E-state index contributed by atoms with van der Waals surface area (Å²) in [5, 5.41) is 9.50. The number of unbranched alkanes of at least 4 members (excludes halogenated alkanes) is 1. The summed E-state index contributed by atoms with van der Waals surface area (Å²) in [5.41, 5.74) is -0.649. The molecule has 1 N–H and O–H groups in total. The largest absolute Gasteiger partial charge is 0.427 e. The molecule has 1 aromatic rings. The Bertz CT molecular complexity index is 338. The van der Waals surface area contributed by atoms with Crippen LogP contribution in [0.25, 0.3) is 0 Å². The van der Waals surface area contributed by atoms with Crippen LogP contribution < -0.4 is 4.74 Å². The van der Waals surface area contributed by atoms with Gasteiger partial charge in [0.05, 0.1) is 5.60 Å². The van der Waals surface area contributed by atoms with E-state index < -0.39 is 5.60 Å². The maximum atomic E-state index is 11.5. The zero-order valence-corrected chi connectivity index (χ0v) is 10.5. The van der Waals surface area contributed by atoms with E-state index in [-0.39, 0.29) is 5.97 Å². The standard InChI is InChI=1S/C14H20O3/c1-14(2,16)11-7-6-10-13(15)17-12-8-4-3-5-9-12/h3-5,8-9,16H,6-7,10-11H2,1-2H3. The van der Waals surface area contributed by atoms with E-state index in [0.717, 1.165) is 12.8 Å². The molecule has 1 rings (SSSR count). The van der Waals surface area contributed by atoms with E-state index in [1.54, 1.807) is 26.0 Å². The van der Waals surface area contributed by atoms with Gasteiger partial charge in [-0.05, 0) is 38.8 Å². The van der Waals surface area contributed by atoms with Crippen LogP contribution in [-0.4, -0.2) is 16.7 Å². The van der Waals surface area contributed by atoms with Gasteiger partial charge in [-0.1, -0.05) is 24.6 Å². The highest BCUT2D eigenvalue weighted by Gasteiger charge is 2.12. The number of hydrogen-bond acceptors (Lipinski definition) is 3. The molecule has 17 heavy (non-hydrogen) atoms. The van der Waals surface area contributed by atoms with Crippen LogP contribution in [0.15, 0.2) is 30.3 Å². The quantitative estimate of drug-likeness (QED) is 0.469. The smallest absolute Gasteiger partial charge is 0.311 e. The van der Waals surface area contributed by atoms with Crippen molar-refractivity contribution in [2.45, 2.75) is 45.1 Å². The molecule has 0 saturated carbocycles. The first-order valence-corrected chi connectivity index (χ1v) is 5.95. The first kappa shape index (κ1) is 13.7. The second kappa shape index (κ2) is 6.40. The number of ether oxygens (including phenoxy) is 1. The predicted molar refractivity (Wildman–Crippen MR) is 66.8 cm³/mol. The van der Waals surface area contributed by atoms with E-state index in [4.69, 9.17) is 4.74 Å². The van der Waals surface area contributed by atoms with Crippen LogP contribution in [0.4, 0.5) is 0 Å². The summed E-state index contributed by atoms with van der Waals surface area (Å²) in [6.07, 6.45) is 2.67. The third-order valence-corrected chi connectivity index (χ3v) is 2.39. The van der Waals surface area contributed by atoms with E-state index in [9.17, 15) is 9.90 Å². The number of esters is 1. The molecule has 0 radical (unpaired) electrons. The van der Waals surface area contributed by atoms with Gasteiger partial charge in [0.1, 0.15) is 5.75 Å². The van der Waals surface area contributed by atoms with Crippen molar-refractivity contribution >= 4 is 5.97 Å². The Hall–Kier alpha value is -1.35. The highest BCUT2D eigenvalue weighted by molar-refractivity contribution is 5.72. The lowest BCUT2D eigenvalue weighted by atomic mass is 10.0. The number of hydrogen-bond donors (Lipinski definition) is 1. The summed E-state index contributed by atoms with van der Waals surface area (Å²) >= 11 is 0. The summed E-state index contributed by atoms with van der Waals surface area (Å²) in [4.78, 5) is 11.5. The second-order valence-corrected chi connectivity index (χ2v) is 4.81. The van der Waals surface area contributed by atoms with Crippen molar-refractivity contribution in [3.8, 4) is 5.75 Å². The highest BCUT2D eigenvalue weighted by Crippen LogP contribution is 2.14. The maximum Gasteiger partial charge on any atom is 0.311 e. The Kier molecular flexibility index (Phi) is 5.16. The Morgan fingerprint density at radius 3 is 2.47 bits per heavy atom. The molecule has 0 amide bonds. The van der Waals surface area contributed by atoms with Gasteiger partial charge in [-0.15, -0.1) is 0 Å². The van der Waals surface area contributed by atoms with Crippen molar-refractivity contribution in [2.24, 2.45) is 0 Å². The molecule has 94 valence electrons. The molecule has 0 aliphatic heterocycles. The van der Waals surface area contributed by atoms with Gasteiger partial charge in [-0.2, -0.15) is 0 Å². The van der Waals surface area contributed by atoms with Gasteiger partial charge in [0.25, 0.3) is 0 Å². The summed E-state index contributed by atoms with van der Waals surface area (Å²) in [5.74, 6) is 0.368. The van der Waals surface area contributed by atoms with Gasteiger partial charge in [0, 0.05) is 6.42 Å². The van der Waals surface area contributed by atoms with Crippen molar-refractivity contribution in [3.05, 3.63) is 30.3 Å². The van der Waals surface area contributed by atoms with Gasteiger partial charge in [0.2, 0.25) is 0 Å². The first-order valence-electron chi connectivity index (χ1n) is 5.95. The summed E-state index contributed by atoms with van der Waals surface area (Å²) in [6.45, 7) is 3.55. The van der Waals surface area contributed by atoms with Crippen LogP contribution in [0.3, 0.4) is 0 Å². The number of para-hydroxylation sites is 1. The molecule has 3 heteroatoms. The second-order valence-electron chi connectivity index (χ2n) is 4.81. The molecule has 0 bridgehead atoms. The minimum absolute atomic E-state index is 0.216. The Morgan fingerprint density at radius 2 is 1.88 bits per heavy atom. The maximum absolute atomic E-state index is 11.5. The average molecular weight is 236 g/mol. The molecule has 0 atom stereocenters. The van der Waals surface area contributed by atoms with Crippen LogP contribution in [0.1, 0.15) is 39.5 Å². The van der Waals surface area contributed by atoms with Crippen LogP contribution in [0.2, 0.25) is 0 Å². The molecule has 0 heterocycles. The van der Waals surface area contributed by atoms with Crippen molar-refractivity contribution < 1.29 is 14.6 Å². The third kappa shape index (κ3) is 6.74. The van der Waals surface area contributed by atoms with E-state index in [1.165, 1.54) is 0 Å². The van der Waals surface area contributed by atoms with Crippen LogP contribution in [-0.2, 0) is 4.79 Å². The van der Waals surface area contributed by atoms with Gasteiger partial charge in [-0.25, -0.2) is 0 Å². The fraction of sp³-hybridized carbons (Fsp3) is 0.500. The number of rotatable bonds is 6. The minimum atomic E-state index is -0.649. The molecule has 0 aliphatic carbocycles. The van der Waals surface area contributed by atoms with Crippen molar-refractivity contribution in [1.82, 2.24) is 0 Å². The Labute approximate surface area is 102 Å².